The Morgan fingerprint density at radius 3 is 2.21 bits per heavy atom. The van der Waals surface area contributed by atoms with Crippen LogP contribution in [-0.2, 0) is 0 Å². The molecule has 0 atom stereocenters. The summed E-state index contributed by atoms with van der Waals surface area (Å²) in [5.74, 6) is 1.70. The molecule has 0 aromatic carbocycles. The number of nitrogens with zero attached hydrogens (tertiary/aromatic N) is 7. The smallest absolute Gasteiger partial charge is 0.225 e. The molecule has 3 aromatic rings. The monoisotopic (exact) mass is 319 g/mol. The third-order valence-electron chi connectivity index (χ3n) is 4.11. The highest BCUT2D eigenvalue weighted by Gasteiger charge is 2.22. The highest BCUT2D eigenvalue weighted by Crippen LogP contribution is 2.28. The van der Waals surface area contributed by atoms with Crippen molar-refractivity contribution in [3.8, 4) is 11.1 Å². The van der Waals surface area contributed by atoms with Gasteiger partial charge in [-0.05, 0) is 29.8 Å². The Morgan fingerprint density at radius 1 is 0.750 bits per heavy atom. The van der Waals surface area contributed by atoms with E-state index in [0.29, 0.717) is 0 Å². The van der Waals surface area contributed by atoms with Gasteiger partial charge in [0.1, 0.15) is 0 Å². The van der Waals surface area contributed by atoms with Crippen molar-refractivity contribution in [1.29, 1.82) is 0 Å². The molecule has 0 N–H and O–H groups in total. The maximum atomic E-state index is 4.38. The predicted octanol–water partition coefficient (Wildman–Crippen LogP) is 1.66. The number of pyridine rings is 1. The molecule has 7 nitrogen and oxygen atoms in total. The average molecular weight is 319 g/mol. The first-order valence-electron chi connectivity index (χ1n) is 7.91. The highest BCUT2D eigenvalue weighted by molar-refractivity contribution is 5.75. The second-order valence-electron chi connectivity index (χ2n) is 5.53. The zero-order chi connectivity index (χ0) is 16.2. The molecule has 0 bridgehead atoms. The van der Waals surface area contributed by atoms with E-state index in [1.807, 2.05) is 24.3 Å². The first-order chi connectivity index (χ1) is 11.9. The lowest BCUT2D eigenvalue weighted by Gasteiger charge is -2.35. The quantitative estimate of drug-likeness (QED) is 0.727. The van der Waals surface area contributed by atoms with Crippen LogP contribution in [0.5, 0.6) is 0 Å². The van der Waals surface area contributed by atoms with E-state index in [1.165, 1.54) is 0 Å². The maximum Gasteiger partial charge on any atom is 0.225 e. The standard InChI is InChI=1S/C17H17N7/c1-5-19-17(20-6-1)24-12-10-23(11-13-24)16-15(4-9-21-22-16)14-2-7-18-8-3-14/h1-9H,10-13H2. The van der Waals surface area contributed by atoms with Crippen LogP contribution in [0.4, 0.5) is 11.8 Å². The lowest BCUT2D eigenvalue weighted by molar-refractivity contribution is 0.632. The van der Waals surface area contributed by atoms with E-state index in [1.54, 1.807) is 31.0 Å². The van der Waals surface area contributed by atoms with E-state index in [2.05, 4.69) is 34.9 Å². The third-order valence-corrected chi connectivity index (χ3v) is 4.11. The number of hydrogen-bond acceptors (Lipinski definition) is 7. The summed E-state index contributed by atoms with van der Waals surface area (Å²) < 4.78 is 0. The first-order valence-corrected chi connectivity index (χ1v) is 7.91. The summed E-state index contributed by atoms with van der Waals surface area (Å²) in [5, 5.41) is 8.46. The van der Waals surface area contributed by atoms with Gasteiger partial charge in [0.05, 0.1) is 6.20 Å². The summed E-state index contributed by atoms with van der Waals surface area (Å²) in [4.78, 5) is 17.2. The molecule has 120 valence electrons. The zero-order valence-electron chi connectivity index (χ0n) is 13.2. The van der Waals surface area contributed by atoms with Gasteiger partial charge in [0, 0.05) is 56.5 Å². The molecule has 0 aliphatic carbocycles. The fraction of sp³-hybridized carbons (Fsp3) is 0.235. The van der Waals surface area contributed by atoms with E-state index in [0.717, 1.165) is 49.1 Å². The molecule has 7 heteroatoms. The number of rotatable bonds is 3. The van der Waals surface area contributed by atoms with E-state index in [-0.39, 0.29) is 0 Å². The fourth-order valence-electron chi connectivity index (χ4n) is 2.89. The van der Waals surface area contributed by atoms with Crippen molar-refractivity contribution in [2.45, 2.75) is 0 Å². The molecule has 24 heavy (non-hydrogen) atoms. The number of piperazine rings is 1. The second kappa shape index (κ2) is 6.57. The molecule has 0 spiro atoms. The van der Waals surface area contributed by atoms with Gasteiger partial charge in [-0.3, -0.25) is 4.98 Å². The van der Waals surface area contributed by atoms with Gasteiger partial charge in [-0.2, -0.15) is 5.10 Å². The van der Waals surface area contributed by atoms with Gasteiger partial charge in [-0.25, -0.2) is 9.97 Å². The predicted molar refractivity (Wildman–Crippen MR) is 91.7 cm³/mol. The minimum absolute atomic E-state index is 0.783. The van der Waals surface area contributed by atoms with Crippen molar-refractivity contribution >= 4 is 11.8 Å². The van der Waals surface area contributed by atoms with Crippen LogP contribution in [0.3, 0.4) is 0 Å². The Balaban J connectivity index is 1.54. The van der Waals surface area contributed by atoms with Crippen molar-refractivity contribution in [1.82, 2.24) is 25.1 Å². The van der Waals surface area contributed by atoms with Gasteiger partial charge in [0.2, 0.25) is 5.95 Å². The molecular formula is C17H17N7. The summed E-state index contributed by atoms with van der Waals surface area (Å²) >= 11 is 0. The van der Waals surface area contributed by atoms with E-state index in [9.17, 15) is 0 Å². The highest BCUT2D eigenvalue weighted by atomic mass is 15.3. The summed E-state index contributed by atoms with van der Waals surface area (Å²) in [7, 11) is 0. The Morgan fingerprint density at radius 2 is 1.46 bits per heavy atom. The summed E-state index contributed by atoms with van der Waals surface area (Å²) in [6.45, 7) is 3.43. The Hall–Kier alpha value is -3.09. The van der Waals surface area contributed by atoms with Gasteiger partial charge in [-0.15, -0.1) is 5.10 Å². The second-order valence-corrected chi connectivity index (χ2v) is 5.53. The van der Waals surface area contributed by atoms with Crippen LogP contribution in [0.1, 0.15) is 0 Å². The summed E-state index contributed by atoms with van der Waals surface area (Å²) in [6, 6.07) is 7.83. The number of anilines is 2. The van der Waals surface area contributed by atoms with Gasteiger partial charge < -0.3 is 9.80 Å². The van der Waals surface area contributed by atoms with Crippen molar-refractivity contribution < 1.29 is 0 Å². The molecule has 0 unspecified atom stereocenters. The molecule has 4 rings (SSSR count). The Kier molecular flexibility index (Phi) is 3.97. The van der Waals surface area contributed by atoms with Crippen LogP contribution >= 0.6 is 0 Å². The first kappa shape index (κ1) is 14.5. The summed E-state index contributed by atoms with van der Waals surface area (Å²) in [5.41, 5.74) is 2.18. The summed E-state index contributed by atoms with van der Waals surface area (Å²) in [6.07, 6.45) is 8.87. The van der Waals surface area contributed by atoms with Crippen LogP contribution in [0.15, 0.2) is 55.2 Å². The largest absolute Gasteiger partial charge is 0.351 e. The molecule has 0 saturated carbocycles. The molecule has 1 fully saturated rings. The molecule has 1 saturated heterocycles. The van der Waals surface area contributed by atoms with Crippen molar-refractivity contribution in [3.63, 3.8) is 0 Å². The lowest BCUT2D eigenvalue weighted by Crippen LogP contribution is -2.47. The zero-order valence-corrected chi connectivity index (χ0v) is 13.2. The fourth-order valence-corrected chi connectivity index (χ4v) is 2.89. The minimum Gasteiger partial charge on any atom is -0.351 e. The van der Waals surface area contributed by atoms with Crippen LogP contribution in [0.2, 0.25) is 0 Å². The normalized spacial score (nSPS) is 14.7. The van der Waals surface area contributed by atoms with Crippen LogP contribution < -0.4 is 9.80 Å². The number of hydrogen-bond donors (Lipinski definition) is 0. The average Bonchev–Trinajstić information content (AvgIpc) is 2.69. The van der Waals surface area contributed by atoms with Crippen LogP contribution in [-0.4, -0.2) is 51.3 Å². The molecule has 0 amide bonds. The Labute approximate surface area is 140 Å². The molecule has 1 aliphatic rings. The third kappa shape index (κ3) is 2.88. The Bertz CT molecular complexity index is 786. The van der Waals surface area contributed by atoms with E-state index >= 15 is 0 Å². The van der Waals surface area contributed by atoms with Crippen molar-refractivity contribution in [3.05, 3.63) is 55.2 Å². The molecule has 4 heterocycles. The maximum absolute atomic E-state index is 4.38. The van der Waals surface area contributed by atoms with Gasteiger partial charge >= 0.3 is 0 Å². The molecular weight excluding hydrogens is 302 g/mol. The van der Waals surface area contributed by atoms with Gasteiger partial charge in [0.25, 0.3) is 0 Å². The topological polar surface area (TPSA) is 70.9 Å². The van der Waals surface area contributed by atoms with E-state index in [4.69, 9.17) is 0 Å². The van der Waals surface area contributed by atoms with Gasteiger partial charge in [0.15, 0.2) is 5.82 Å². The number of aromatic nitrogens is 5. The van der Waals surface area contributed by atoms with Gasteiger partial charge in [-0.1, -0.05) is 0 Å². The SMILES string of the molecule is c1cnc(N2CCN(c3nnccc3-c3ccncc3)CC2)nc1. The van der Waals surface area contributed by atoms with Crippen LogP contribution in [0, 0.1) is 0 Å². The lowest BCUT2D eigenvalue weighted by atomic mass is 10.1. The van der Waals surface area contributed by atoms with Crippen LogP contribution in [0.25, 0.3) is 11.1 Å². The van der Waals surface area contributed by atoms with E-state index < -0.39 is 0 Å². The van der Waals surface area contributed by atoms with Crippen molar-refractivity contribution in [2.24, 2.45) is 0 Å². The molecule has 3 aromatic heterocycles. The molecule has 1 aliphatic heterocycles. The minimum atomic E-state index is 0.783. The molecule has 0 radical (unpaired) electrons. The van der Waals surface area contributed by atoms with Crippen molar-refractivity contribution in [2.75, 3.05) is 36.0 Å².